The monoisotopic (exact) mass is 407 g/mol. The van der Waals surface area contributed by atoms with Crippen molar-refractivity contribution in [2.45, 2.75) is 5.92 Å². The number of hydrazone groups is 1. The van der Waals surface area contributed by atoms with Gasteiger partial charge in [0.25, 0.3) is 5.91 Å². The molecule has 2 atom stereocenters. The molecule has 4 rings (SSSR count). The Morgan fingerprint density at radius 3 is 2.76 bits per heavy atom. The molecule has 2 unspecified atom stereocenters. The minimum absolute atomic E-state index is 0.225. The van der Waals surface area contributed by atoms with Crippen LogP contribution >= 0.6 is 11.6 Å². The van der Waals surface area contributed by atoms with E-state index in [1.807, 2.05) is 42.5 Å². The minimum Gasteiger partial charge on any atom is -0.455 e. The highest BCUT2D eigenvalue weighted by atomic mass is 35.5. The number of amides is 2. The van der Waals surface area contributed by atoms with Crippen molar-refractivity contribution in [3.63, 3.8) is 0 Å². The van der Waals surface area contributed by atoms with Gasteiger partial charge in [-0.2, -0.15) is 5.10 Å². The molecular weight excluding hydrogens is 390 g/mol. The SMILES string of the molecule is O=C1NCC(c2ccccc2)C1C(=O)N/N=C\c1ccc(-c2cccc(Cl)c2)o1. The van der Waals surface area contributed by atoms with Crippen LogP contribution in [-0.2, 0) is 9.59 Å². The molecule has 1 fully saturated rings. The van der Waals surface area contributed by atoms with Crippen molar-refractivity contribution in [3.05, 3.63) is 83.1 Å². The van der Waals surface area contributed by atoms with Crippen LogP contribution in [0.25, 0.3) is 11.3 Å². The van der Waals surface area contributed by atoms with Gasteiger partial charge in [-0.1, -0.05) is 54.1 Å². The maximum Gasteiger partial charge on any atom is 0.253 e. The number of hydrogen-bond donors (Lipinski definition) is 2. The molecule has 0 radical (unpaired) electrons. The zero-order valence-electron chi connectivity index (χ0n) is 15.3. The molecule has 0 spiro atoms. The average Bonchev–Trinajstić information content (AvgIpc) is 3.35. The van der Waals surface area contributed by atoms with Crippen molar-refractivity contribution >= 4 is 29.6 Å². The fraction of sp³-hybridized carbons (Fsp3) is 0.136. The molecule has 0 bridgehead atoms. The quantitative estimate of drug-likeness (QED) is 0.385. The van der Waals surface area contributed by atoms with E-state index < -0.39 is 11.8 Å². The summed E-state index contributed by atoms with van der Waals surface area (Å²) < 4.78 is 5.71. The van der Waals surface area contributed by atoms with Gasteiger partial charge in [0.1, 0.15) is 17.4 Å². The Morgan fingerprint density at radius 2 is 1.97 bits per heavy atom. The Bertz CT molecular complexity index is 1060. The highest BCUT2D eigenvalue weighted by Crippen LogP contribution is 2.29. The maximum absolute atomic E-state index is 12.6. The number of carbonyl (C=O) groups is 2. The van der Waals surface area contributed by atoms with E-state index in [9.17, 15) is 9.59 Å². The summed E-state index contributed by atoms with van der Waals surface area (Å²) in [4.78, 5) is 24.7. The van der Waals surface area contributed by atoms with Crippen LogP contribution in [-0.4, -0.2) is 24.6 Å². The van der Waals surface area contributed by atoms with Gasteiger partial charge in [-0.15, -0.1) is 0 Å². The van der Waals surface area contributed by atoms with Crippen molar-refractivity contribution in [1.82, 2.24) is 10.7 Å². The summed E-state index contributed by atoms with van der Waals surface area (Å²) >= 11 is 6.00. The van der Waals surface area contributed by atoms with Crippen molar-refractivity contribution in [2.75, 3.05) is 6.54 Å². The smallest absolute Gasteiger partial charge is 0.253 e. The van der Waals surface area contributed by atoms with Crippen molar-refractivity contribution in [2.24, 2.45) is 11.0 Å². The number of carbonyl (C=O) groups excluding carboxylic acids is 2. The summed E-state index contributed by atoms with van der Waals surface area (Å²) in [5.41, 5.74) is 4.23. The molecule has 7 heteroatoms. The standard InChI is InChI=1S/C22H18ClN3O3/c23-16-8-4-7-15(11-16)19-10-9-17(29-19)12-25-26-22(28)20-18(13-24-21(20)27)14-5-2-1-3-6-14/h1-12,18,20H,13H2,(H,24,27)(H,26,28)/b25-12-. The van der Waals surface area contributed by atoms with Gasteiger partial charge in [-0.3, -0.25) is 9.59 Å². The van der Waals surface area contributed by atoms with Gasteiger partial charge in [0.05, 0.1) is 6.21 Å². The number of nitrogens with one attached hydrogen (secondary N) is 2. The molecule has 146 valence electrons. The molecule has 1 aliphatic heterocycles. The third kappa shape index (κ3) is 4.22. The van der Waals surface area contributed by atoms with Crippen LogP contribution in [0, 0.1) is 5.92 Å². The highest BCUT2D eigenvalue weighted by Gasteiger charge is 2.40. The summed E-state index contributed by atoms with van der Waals surface area (Å²) in [5.74, 6) is -0.694. The van der Waals surface area contributed by atoms with Crippen molar-refractivity contribution < 1.29 is 14.0 Å². The summed E-state index contributed by atoms with van der Waals surface area (Å²) in [6, 6.07) is 20.3. The minimum atomic E-state index is -0.826. The van der Waals surface area contributed by atoms with E-state index >= 15 is 0 Å². The highest BCUT2D eigenvalue weighted by molar-refractivity contribution is 6.30. The largest absolute Gasteiger partial charge is 0.455 e. The average molecular weight is 408 g/mol. The lowest BCUT2D eigenvalue weighted by Crippen LogP contribution is -2.34. The number of hydrogen-bond acceptors (Lipinski definition) is 4. The first kappa shape index (κ1) is 19.0. The summed E-state index contributed by atoms with van der Waals surface area (Å²) in [7, 11) is 0. The maximum atomic E-state index is 12.6. The van der Waals surface area contributed by atoms with Gasteiger partial charge >= 0.3 is 0 Å². The normalized spacial score (nSPS) is 18.7. The molecule has 1 aliphatic rings. The van der Waals surface area contributed by atoms with E-state index in [0.717, 1.165) is 11.1 Å². The Morgan fingerprint density at radius 1 is 1.14 bits per heavy atom. The van der Waals surface area contributed by atoms with Crippen LogP contribution in [0.1, 0.15) is 17.2 Å². The van der Waals surface area contributed by atoms with Gasteiger partial charge in [-0.05, 0) is 29.8 Å². The molecule has 29 heavy (non-hydrogen) atoms. The van der Waals surface area contributed by atoms with E-state index in [1.54, 1.807) is 24.3 Å². The summed E-state index contributed by atoms with van der Waals surface area (Å²) in [6.07, 6.45) is 1.40. The van der Waals surface area contributed by atoms with Crippen LogP contribution < -0.4 is 10.7 Å². The Kier molecular flexibility index (Phi) is 5.44. The molecule has 1 saturated heterocycles. The number of furan rings is 1. The first-order valence-corrected chi connectivity index (χ1v) is 9.51. The Labute approximate surface area is 172 Å². The van der Waals surface area contributed by atoms with Crippen LogP contribution in [0.3, 0.4) is 0 Å². The Balaban J connectivity index is 1.43. The first-order chi connectivity index (χ1) is 14.1. The molecule has 2 heterocycles. The van der Waals surface area contributed by atoms with Crippen molar-refractivity contribution in [1.29, 1.82) is 0 Å². The predicted molar refractivity (Wildman–Crippen MR) is 111 cm³/mol. The molecule has 0 aliphatic carbocycles. The fourth-order valence-electron chi connectivity index (χ4n) is 3.38. The molecule has 0 saturated carbocycles. The lowest BCUT2D eigenvalue weighted by Gasteiger charge is -2.15. The number of benzene rings is 2. The summed E-state index contributed by atoms with van der Waals surface area (Å²) in [6.45, 7) is 0.422. The fourth-order valence-corrected chi connectivity index (χ4v) is 3.57. The lowest BCUT2D eigenvalue weighted by atomic mass is 9.88. The van der Waals surface area contributed by atoms with Gasteiger partial charge in [0.15, 0.2) is 0 Å². The van der Waals surface area contributed by atoms with E-state index in [4.69, 9.17) is 16.0 Å². The second kappa shape index (κ2) is 8.32. The van der Waals surface area contributed by atoms with Gasteiger partial charge in [0.2, 0.25) is 5.91 Å². The van der Waals surface area contributed by atoms with Crippen LogP contribution in [0.15, 0.2) is 76.2 Å². The second-order valence-electron chi connectivity index (χ2n) is 6.69. The van der Waals surface area contributed by atoms with Gasteiger partial charge in [-0.25, -0.2) is 5.43 Å². The lowest BCUT2D eigenvalue weighted by molar-refractivity contribution is -0.133. The predicted octanol–water partition coefficient (Wildman–Crippen LogP) is 3.58. The second-order valence-corrected chi connectivity index (χ2v) is 7.12. The third-order valence-corrected chi connectivity index (χ3v) is 5.03. The molecule has 6 nitrogen and oxygen atoms in total. The summed E-state index contributed by atoms with van der Waals surface area (Å²) in [5, 5.41) is 7.32. The van der Waals surface area contributed by atoms with Gasteiger partial charge in [0, 0.05) is 23.0 Å². The Hall–Kier alpha value is -3.38. The van der Waals surface area contributed by atoms with E-state index in [0.29, 0.717) is 23.1 Å². The zero-order chi connectivity index (χ0) is 20.2. The molecule has 3 aromatic rings. The van der Waals surface area contributed by atoms with Crippen molar-refractivity contribution in [3.8, 4) is 11.3 Å². The molecule has 2 aromatic carbocycles. The number of rotatable bonds is 5. The molecule has 2 amide bonds. The zero-order valence-corrected chi connectivity index (χ0v) is 16.1. The van der Waals surface area contributed by atoms with Crippen LogP contribution in [0.5, 0.6) is 0 Å². The van der Waals surface area contributed by atoms with Gasteiger partial charge < -0.3 is 9.73 Å². The molecular formula is C22H18ClN3O3. The molecule has 1 aromatic heterocycles. The van der Waals surface area contributed by atoms with E-state index in [1.165, 1.54) is 6.21 Å². The van der Waals surface area contributed by atoms with Crippen LogP contribution in [0.2, 0.25) is 5.02 Å². The number of nitrogens with zero attached hydrogens (tertiary/aromatic N) is 1. The van der Waals surface area contributed by atoms with E-state index in [2.05, 4.69) is 15.8 Å². The van der Waals surface area contributed by atoms with Crippen LogP contribution in [0.4, 0.5) is 0 Å². The third-order valence-electron chi connectivity index (χ3n) is 4.79. The van der Waals surface area contributed by atoms with E-state index in [-0.39, 0.29) is 11.8 Å². The molecule has 2 N–H and O–H groups in total. The number of halogens is 1. The topological polar surface area (TPSA) is 83.7 Å². The first-order valence-electron chi connectivity index (χ1n) is 9.13.